The van der Waals surface area contributed by atoms with E-state index in [2.05, 4.69) is 5.32 Å². The first-order valence-corrected chi connectivity index (χ1v) is 4.65. The Morgan fingerprint density at radius 2 is 2.33 bits per heavy atom. The molecule has 0 aliphatic heterocycles. The molecule has 0 spiro atoms. The van der Waals surface area contributed by atoms with Gasteiger partial charge in [0.25, 0.3) is 0 Å². The first-order valence-electron chi connectivity index (χ1n) is 4.65. The average Bonchev–Trinajstić information content (AvgIpc) is 2.36. The topological polar surface area (TPSA) is 29.1 Å². The van der Waals surface area contributed by atoms with Crippen LogP contribution in [0.4, 0.5) is 4.39 Å². The Kier molecular flexibility index (Phi) is 3.50. The molecule has 0 bridgehead atoms. The van der Waals surface area contributed by atoms with Crippen LogP contribution < -0.4 is 5.32 Å². The third-order valence-corrected chi connectivity index (χ3v) is 2.21. The zero-order valence-corrected chi connectivity index (χ0v) is 7.48. The SMILES string of the molecule is CCCC(=O)NC1CCC(F)C1. The Balaban J connectivity index is 2.18. The van der Waals surface area contributed by atoms with E-state index in [1.807, 2.05) is 6.92 Å². The molecule has 0 radical (unpaired) electrons. The van der Waals surface area contributed by atoms with E-state index in [0.717, 1.165) is 12.8 Å². The Morgan fingerprint density at radius 3 is 2.83 bits per heavy atom. The van der Waals surface area contributed by atoms with Gasteiger partial charge in [-0.2, -0.15) is 0 Å². The van der Waals surface area contributed by atoms with E-state index in [1.54, 1.807) is 0 Å². The normalized spacial score (nSPS) is 28.8. The number of alkyl halides is 1. The van der Waals surface area contributed by atoms with Crippen molar-refractivity contribution in [2.75, 3.05) is 0 Å². The van der Waals surface area contributed by atoms with Crippen molar-refractivity contribution >= 4 is 5.91 Å². The van der Waals surface area contributed by atoms with E-state index in [0.29, 0.717) is 19.3 Å². The predicted molar refractivity (Wildman–Crippen MR) is 45.6 cm³/mol. The second kappa shape index (κ2) is 4.43. The molecular formula is C9H16FNO. The van der Waals surface area contributed by atoms with Gasteiger partial charge in [-0.05, 0) is 25.7 Å². The van der Waals surface area contributed by atoms with E-state index >= 15 is 0 Å². The minimum Gasteiger partial charge on any atom is -0.353 e. The van der Waals surface area contributed by atoms with Gasteiger partial charge < -0.3 is 5.32 Å². The maximum absolute atomic E-state index is 12.7. The van der Waals surface area contributed by atoms with Crippen LogP contribution in [0.2, 0.25) is 0 Å². The molecule has 12 heavy (non-hydrogen) atoms. The van der Waals surface area contributed by atoms with Crippen LogP contribution in [0.25, 0.3) is 0 Å². The van der Waals surface area contributed by atoms with Crippen molar-refractivity contribution in [3.8, 4) is 0 Å². The number of rotatable bonds is 3. The molecule has 0 saturated heterocycles. The number of amides is 1. The van der Waals surface area contributed by atoms with E-state index < -0.39 is 6.17 Å². The zero-order chi connectivity index (χ0) is 8.97. The number of nitrogens with one attached hydrogen (secondary N) is 1. The molecule has 1 aliphatic carbocycles. The van der Waals surface area contributed by atoms with Gasteiger partial charge in [-0.1, -0.05) is 6.92 Å². The van der Waals surface area contributed by atoms with E-state index in [1.165, 1.54) is 0 Å². The molecule has 0 aromatic heterocycles. The monoisotopic (exact) mass is 173 g/mol. The summed E-state index contributed by atoms with van der Waals surface area (Å²) < 4.78 is 12.7. The summed E-state index contributed by atoms with van der Waals surface area (Å²) >= 11 is 0. The van der Waals surface area contributed by atoms with Crippen molar-refractivity contribution < 1.29 is 9.18 Å². The smallest absolute Gasteiger partial charge is 0.220 e. The number of carbonyl (C=O) groups is 1. The Bertz CT molecular complexity index is 161. The Morgan fingerprint density at radius 1 is 1.58 bits per heavy atom. The molecule has 0 aromatic carbocycles. The van der Waals surface area contributed by atoms with Crippen molar-refractivity contribution in [1.82, 2.24) is 5.32 Å². The Hall–Kier alpha value is -0.600. The summed E-state index contributed by atoms with van der Waals surface area (Å²) in [6, 6.07) is 0.0963. The van der Waals surface area contributed by atoms with Gasteiger partial charge in [-0.3, -0.25) is 4.79 Å². The largest absolute Gasteiger partial charge is 0.353 e. The molecule has 2 unspecified atom stereocenters. The van der Waals surface area contributed by atoms with Crippen LogP contribution in [-0.2, 0) is 4.79 Å². The highest BCUT2D eigenvalue weighted by Gasteiger charge is 2.24. The number of hydrogen-bond donors (Lipinski definition) is 1. The second-order valence-corrected chi connectivity index (χ2v) is 3.42. The summed E-state index contributed by atoms with van der Waals surface area (Å²) in [5.74, 6) is 0.0663. The molecule has 2 atom stereocenters. The average molecular weight is 173 g/mol. The summed E-state index contributed by atoms with van der Waals surface area (Å²) in [6.07, 6.45) is 2.64. The van der Waals surface area contributed by atoms with Crippen LogP contribution in [0.3, 0.4) is 0 Å². The van der Waals surface area contributed by atoms with Crippen LogP contribution in [-0.4, -0.2) is 18.1 Å². The lowest BCUT2D eigenvalue weighted by molar-refractivity contribution is -0.121. The van der Waals surface area contributed by atoms with Gasteiger partial charge in [-0.15, -0.1) is 0 Å². The maximum atomic E-state index is 12.7. The molecule has 0 heterocycles. The van der Waals surface area contributed by atoms with Gasteiger partial charge in [0.2, 0.25) is 5.91 Å². The van der Waals surface area contributed by atoms with Crippen molar-refractivity contribution in [1.29, 1.82) is 0 Å². The van der Waals surface area contributed by atoms with Crippen molar-refractivity contribution in [3.05, 3.63) is 0 Å². The van der Waals surface area contributed by atoms with Gasteiger partial charge in [0.05, 0.1) is 0 Å². The second-order valence-electron chi connectivity index (χ2n) is 3.42. The lowest BCUT2D eigenvalue weighted by atomic mass is 10.2. The molecule has 1 saturated carbocycles. The third-order valence-electron chi connectivity index (χ3n) is 2.21. The van der Waals surface area contributed by atoms with Crippen molar-refractivity contribution in [2.24, 2.45) is 0 Å². The molecule has 1 amide bonds. The standard InChI is InChI=1S/C9H16FNO/c1-2-3-9(12)11-8-5-4-7(10)6-8/h7-8H,2-6H2,1H3,(H,11,12). The minimum atomic E-state index is -0.697. The molecule has 70 valence electrons. The van der Waals surface area contributed by atoms with E-state index in [4.69, 9.17) is 0 Å². The number of halogens is 1. The summed E-state index contributed by atoms with van der Waals surface area (Å²) in [5, 5.41) is 2.83. The van der Waals surface area contributed by atoms with E-state index in [9.17, 15) is 9.18 Å². The first kappa shape index (κ1) is 9.49. The summed E-state index contributed by atoms with van der Waals surface area (Å²) in [7, 11) is 0. The van der Waals surface area contributed by atoms with Gasteiger partial charge >= 0.3 is 0 Å². The van der Waals surface area contributed by atoms with Gasteiger partial charge in [0.15, 0.2) is 0 Å². The summed E-state index contributed by atoms with van der Waals surface area (Å²) in [5.41, 5.74) is 0. The van der Waals surface area contributed by atoms with Gasteiger partial charge in [-0.25, -0.2) is 4.39 Å². The van der Waals surface area contributed by atoms with Crippen LogP contribution in [0, 0.1) is 0 Å². The van der Waals surface area contributed by atoms with Crippen molar-refractivity contribution in [3.63, 3.8) is 0 Å². The van der Waals surface area contributed by atoms with Gasteiger partial charge in [0.1, 0.15) is 6.17 Å². The lowest BCUT2D eigenvalue weighted by Gasteiger charge is -2.10. The molecule has 1 N–H and O–H groups in total. The molecular weight excluding hydrogens is 157 g/mol. The molecule has 0 aromatic rings. The minimum absolute atomic E-state index is 0.0663. The van der Waals surface area contributed by atoms with Crippen LogP contribution in [0.15, 0.2) is 0 Å². The van der Waals surface area contributed by atoms with Crippen molar-refractivity contribution in [2.45, 2.75) is 51.2 Å². The number of hydrogen-bond acceptors (Lipinski definition) is 1. The highest BCUT2D eigenvalue weighted by molar-refractivity contribution is 5.76. The lowest BCUT2D eigenvalue weighted by Crippen LogP contribution is -2.32. The molecule has 3 heteroatoms. The fourth-order valence-electron chi connectivity index (χ4n) is 1.58. The summed E-state index contributed by atoms with van der Waals surface area (Å²) in [4.78, 5) is 11.1. The molecule has 1 fully saturated rings. The first-order chi connectivity index (χ1) is 5.72. The van der Waals surface area contributed by atoms with E-state index in [-0.39, 0.29) is 11.9 Å². The van der Waals surface area contributed by atoms with Crippen LogP contribution in [0.5, 0.6) is 0 Å². The predicted octanol–water partition coefficient (Wildman–Crippen LogP) is 1.79. The number of carbonyl (C=O) groups excluding carboxylic acids is 1. The fourth-order valence-corrected chi connectivity index (χ4v) is 1.58. The Labute approximate surface area is 72.5 Å². The van der Waals surface area contributed by atoms with Crippen LogP contribution >= 0.6 is 0 Å². The summed E-state index contributed by atoms with van der Waals surface area (Å²) in [6.45, 7) is 1.96. The molecule has 1 aliphatic rings. The van der Waals surface area contributed by atoms with Crippen LogP contribution in [0.1, 0.15) is 39.0 Å². The highest BCUT2D eigenvalue weighted by Crippen LogP contribution is 2.21. The maximum Gasteiger partial charge on any atom is 0.220 e. The quantitative estimate of drug-likeness (QED) is 0.692. The highest BCUT2D eigenvalue weighted by atomic mass is 19.1. The van der Waals surface area contributed by atoms with Gasteiger partial charge in [0, 0.05) is 12.5 Å². The third kappa shape index (κ3) is 2.80. The zero-order valence-electron chi connectivity index (χ0n) is 7.48. The molecule has 1 rings (SSSR count). The fraction of sp³-hybridized carbons (Fsp3) is 0.889. The molecule has 2 nitrogen and oxygen atoms in total.